The van der Waals surface area contributed by atoms with E-state index < -0.39 is 5.97 Å². The Balaban J connectivity index is 1.87. The lowest BCUT2D eigenvalue weighted by Crippen LogP contribution is -2.14. The van der Waals surface area contributed by atoms with Crippen LogP contribution < -0.4 is 10.1 Å². The molecule has 2 aromatic heterocycles. The molecular formula is C28H33N3O4S2. The zero-order valence-corrected chi connectivity index (χ0v) is 23.3. The van der Waals surface area contributed by atoms with Gasteiger partial charge in [0.05, 0.1) is 25.0 Å². The predicted octanol–water partition coefficient (Wildman–Crippen LogP) is 6.35. The van der Waals surface area contributed by atoms with E-state index in [9.17, 15) is 4.79 Å². The van der Waals surface area contributed by atoms with Crippen molar-refractivity contribution in [2.24, 2.45) is 10.9 Å². The summed E-state index contributed by atoms with van der Waals surface area (Å²) in [4.78, 5) is 23.5. The summed E-state index contributed by atoms with van der Waals surface area (Å²) >= 11 is 3.16. The topological polar surface area (TPSA) is 82.0 Å². The molecule has 0 bridgehead atoms. The number of esters is 1. The molecule has 0 unspecified atom stereocenters. The Morgan fingerprint density at radius 3 is 2.73 bits per heavy atom. The van der Waals surface area contributed by atoms with Crippen molar-refractivity contribution in [1.82, 2.24) is 4.98 Å². The van der Waals surface area contributed by atoms with E-state index in [0.29, 0.717) is 24.7 Å². The second kappa shape index (κ2) is 14.5. The normalized spacial score (nSPS) is 12.0. The Bertz CT molecular complexity index is 1230. The smallest absolute Gasteiger partial charge is 0.335 e. The van der Waals surface area contributed by atoms with Crippen molar-refractivity contribution in [3.63, 3.8) is 0 Å². The van der Waals surface area contributed by atoms with E-state index >= 15 is 0 Å². The number of aromatic nitrogens is 1. The number of allylic oxidation sites excluding steroid dienone is 2. The summed E-state index contributed by atoms with van der Waals surface area (Å²) in [7, 11) is 3.03. The summed E-state index contributed by atoms with van der Waals surface area (Å²) in [5, 5.41) is 6.04. The van der Waals surface area contributed by atoms with Gasteiger partial charge in [-0.25, -0.2) is 9.78 Å². The van der Waals surface area contributed by atoms with E-state index in [0.717, 1.165) is 39.0 Å². The third-order valence-electron chi connectivity index (χ3n) is 5.20. The second-order valence-corrected chi connectivity index (χ2v) is 10.5. The number of thiophene rings is 1. The number of thiazole rings is 1. The molecule has 0 saturated carbocycles. The van der Waals surface area contributed by atoms with Gasteiger partial charge in [-0.3, -0.25) is 4.99 Å². The van der Waals surface area contributed by atoms with Crippen molar-refractivity contribution in [2.45, 2.75) is 20.3 Å². The van der Waals surface area contributed by atoms with Gasteiger partial charge in [0.25, 0.3) is 0 Å². The van der Waals surface area contributed by atoms with Gasteiger partial charge in [-0.15, -0.1) is 22.7 Å². The van der Waals surface area contributed by atoms with Crippen LogP contribution in [0, 0.1) is 5.92 Å². The molecule has 1 N–H and O–H groups in total. The molecule has 3 aromatic rings. The summed E-state index contributed by atoms with van der Waals surface area (Å²) < 4.78 is 15.9. The summed E-state index contributed by atoms with van der Waals surface area (Å²) in [5.41, 5.74) is 3.15. The molecule has 196 valence electrons. The molecule has 0 aliphatic heterocycles. The highest BCUT2D eigenvalue weighted by Gasteiger charge is 2.17. The van der Waals surface area contributed by atoms with Gasteiger partial charge in [-0.05, 0) is 48.7 Å². The first-order chi connectivity index (χ1) is 17.9. The Kier molecular flexibility index (Phi) is 11.1. The summed E-state index contributed by atoms with van der Waals surface area (Å²) in [5.74, 6) is 0.815. The Morgan fingerprint density at radius 2 is 2.05 bits per heavy atom. The van der Waals surface area contributed by atoms with Gasteiger partial charge in [0.2, 0.25) is 0 Å². The van der Waals surface area contributed by atoms with Gasteiger partial charge in [0.15, 0.2) is 5.13 Å². The molecule has 0 radical (unpaired) electrons. The maximum atomic E-state index is 12.6. The van der Waals surface area contributed by atoms with Gasteiger partial charge < -0.3 is 19.5 Å². The number of hydrogen-bond acceptors (Lipinski definition) is 9. The Labute approximate surface area is 226 Å². The minimum absolute atomic E-state index is 0.251. The first-order valence-corrected chi connectivity index (χ1v) is 13.6. The third-order valence-corrected chi connectivity index (χ3v) is 7.15. The van der Waals surface area contributed by atoms with E-state index in [-0.39, 0.29) is 6.54 Å². The van der Waals surface area contributed by atoms with Crippen LogP contribution in [0.5, 0.6) is 5.75 Å². The molecule has 0 aliphatic carbocycles. The number of nitrogens with one attached hydrogen (secondary N) is 1. The highest BCUT2D eigenvalue weighted by atomic mass is 32.1. The number of carbonyl (C=O) groups excluding carboxylic acids is 1. The molecule has 0 spiro atoms. The monoisotopic (exact) mass is 539 g/mol. The van der Waals surface area contributed by atoms with Gasteiger partial charge in [-0.2, -0.15) is 0 Å². The lowest BCUT2D eigenvalue weighted by molar-refractivity contribution is -0.136. The fourth-order valence-corrected chi connectivity index (χ4v) is 5.42. The number of hydrogen-bond donors (Lipinski definition) is 1. The lowest BCUT2D eigenvalue weighted by atomic mass is 10.0. The first-order valence-electron chi connectivity index (χ1n) is 11.9. The molecule has 7 nitrogen and oxygen atoms in total. The molecular weight excluding hydrogens is 506 g/mol. The maximum absolute atomic E-state index is 12.6. The molecule has 37 heavy (non-hydrogen) atoms. The summed E-state index contributed by atoms with van der Waals surface area (Å²) in [6.45, 7) is 9.19. The van der Waals surface area contributed by atoms with Crippen molar-refractivity contribution >= 4 is 46.1 Å². The van der Waals surface area contributed by atoms with Crippen LogP contribution in [-0.2, 0) is 20.7 Å². The number of methoxy groups -OCH3 is 2. The van der Waals surface area contributed by atoms with Gasteiger partial charge in [0.1, 0.15) is 12.4 Å². The number of rotatable bonds is 14. The van der Waals surface area contributed by atoms with Crippen LogP contribution in [0.2, 0.25) is 0 Å². The molecule has 2 heterocycles. The van der Waals surface area contributed by atoms with Crippen molar-refractivity contribution in [3.8, 4) is 17.0 Å². The Hall–Kier alpha value is -3.27. The van der Waals surface area contributed by atoms with E-state index in [1.807, 2.05) is 41.8 Å². The number of aliphatic imine (C=N–C) groups is 1. The lowest BCUT2D eigenvalue weighted by Gasteiger charge is -2.08. The van der Waals surface area contributed by atoms with Crippen molar-refractivity contribution in [2.75, 3.05) is 39.3 Å². The largest absolute Gasteiger partial charge is 0.491 e. The number of ether oxygens (including phenoxy) is 3. The van der Waals surface area contributed by atoms with Crippen LogP contribution in [0.1, 0.15) is 23.6 Å². The first kappa shape index (κ1) is 28.3. The Morgan fingerprint density at radius 1 is 1.22 bits per heavy atom. The van der Waals surface area contributed by atoms with Crippen LogP contribution in [0.3, 0.4) is 0 Å². The molecule has 0 saturated heterocycles. The average Bonchev–Trinajstić information content (AvgIpc) is 3.56. The predicted molar refractivity (Wildman–Crippen MR) is 154 cm³/mol. The van der Waals surface area contributed by atoms with E-state index in [2.05, 4.69) is 30.9 Å². The zero-order valence-electron chi connectivity index (χ0n) is 21.7. The van der Waals surface area contributed by atoms with E-state index in [1.54, 1.807) is 42.1 Å². The minimum Gasteiger partial charge on any atom is -0.491 e. The molecule has 3 rings (SSSR count). The van der Waals surface area contributed by atoms with Crippen LogP contribution in [0.4, 0.5) is 5.13 Å². The fourth-order valence-electron chi connectivity index (χ4n) is 3.52. The fraction of sp³-hybridized carbons (Fsp3) is 0.321. The van der Waals surface area contributed by atoms with E-state index in [4.69, 9.17) is 19.2 Å². The van der Waals surface area contributed by atoms with Crippen LogP contribution in [-0.4, -0.2) is 51.6 Å². The second-order valence-electron chi connectivity index (χ2n) is 8.52. The maximum Gasteiger partial charge on any atom is 0.335 e. The highest BCUT2D eigenvalue weighted by molar-refractivity contribution is 7.16. The highest BCUT2D eigenvalue weighted by Crippen LogP contribution is 2.34. The zero-order chi connectivity index (χ0) is 26.6. The van der Waals surface area contributed by atoms with Gasteiger partial charge in [-0.1, -0.05) is 32.0 Å². The standard InChI is InChI=1S/C28H33N3O4S2/c1-19(2)14-25-26(20-8-6-9-23(16-20)35-12-11-33-4)31-28(37-25)30-18-22(27(32)34-5)15-21(17-29-3)24-10-7-13-36-24/h6-10,13,15-17,19H,3,11-12,14,18H2,1-2,4-5H3,(H,30,31)/b21-17+,22-15+. The number of carbonyl (C=O) groups is 1. The van der Waals surface area contributed by atoms with Crippen LogP contribution in [0.25, 0.3) is 16.8 Å². The van der Waals surface area contributed by atoms with Crippen molar-refractivity contribution in [3.05, 3.63) is 69.4 Å². The van der Waals surface area contributed by atoms with Gasteiger partial charge in [0, 0.05) is 40.7 Å². The summed E-state index contributed by atoms with van der Waals surface area (Å²) in [6, 6.07) is 11.8. The molecule has 1 aromatic carbocycles. The van der Waals surface area contributed by atoms with Crippen LogP contribution in [0.15, 0.2) is 64.6 Å². The minimum atomic E-state index is -0.417. The number of anilines is 1. The SMILES string of the molecule is C=N/C=C(\C=C(/CNc1nc(-c2cccc(OCCOC)c2)c(CC(C)C)s1)C(=O)OC)c1cccs1. The average molecular weight is 540 g/mol. The quantitative estimate of drug-likeness (QED) is 0.0845. The molecule has 0 aliphatic rings. The third kappa shape index (κ3) is 8.38. The molecule has 0 fully saturated rings. The van der Waals surface area contributed by atoms with Crippen LogP contribution >= 0.6 is 22.7 Å². The van der Waals surface area contributed by atoms with E-state index in [1.165, 1.54) is 12.0 Å². The van der Waals surface area contributed by atoms with Crippen molar-refractivity contribution < 1.29 is 19.0 Å². The summed E-state index contributed by atoms with van der Waals surface area (Å²) in [6.07, 6.45) is 4.31. The number of benzene rings is 1. The molecule has 0 amide bonds. The van der Waals surface area contributed by atoms with Crippen molar-refractivity contribution in [1.29, 1.82) is 0 Å². The van der Waals surface area contributed by atoms with Gasteiger partial charge >= 0.3 is 5.97 Å². The number of nitrogens with zero attached hydrogens (tertiary/aromatic N) is 2. The molecule has 0 atom stereocenters. The molecule has 9 heteroatoms.